The number of allylic oxidation sites excluding steroid dienone is 1. The first kappa shape index (κ1) is 12.7. The number of para-hydroxylation sites is 1. The van der Waals surface area contributed by atoms with Crippen molar-refractivity contribution in [2.75, 3.05) is 5.32 Å². The molecule has 0 radical (unpaired) electrons. The summed E-state index contributed by atoms with van der Waals surface area (Å²) in [5.74, 6) is -0.214. The summed E-state index contributed by atoms with van der Waals surface area (Å²) in [5, 5.41) is 2.80. The summed E-state index contributed by atoms with van der Waals surface area (Å²) in [4.78, 5) is 26.2. The van der Waals surface area contributed by atoms with E-state index in [9.17, 15) is 9.59 Å². The molecule has 19 heavy (non-hydrogen) atoms. The van der Waals surface area contributed by atoms with Gasteiger partial charge < -0.3 is 5.32 Å². The third-order valence-corrected chi connectivity index (χ3v) is 2.51. The molecular weight excluding hydrogens is 240 g/mol. The molecule has 0 saturated heterocycles. The van der Waals surface area contributed by atoms with Gasteiger partial charge in [0.25, 0.3) is 5.91 Å². The van der Waals surface area contributed by atoms with Gasteiger partial charge in [-0.25, -0.2) is 0 Å². The molecular formula is C15H12N2O2. The van der Waals surface area contributed by atoms with Gasteiger partial charge in [0, 0.05) is 23.6 Å². The van der Waals surface area contributed by atoms with Gasteiger partial charge in [0.05, 0.1) is 0 Å². The highest BCUT2D eigenvalue weighted by molar-refractivity contribution is 6.05. The molecule has 0 aliphatic carbocycles. The summed E-state index contributed by atoms with van der Waals surface area (Å²) in [6, 6.07) is 10.5. The molecule has 2 aromatic rings. The fraction of sp³-hybridized carbons (Fsp3) is 0. The summed E-state index contributed by atoms with van der Waals surface area (Å²) in [6.45, 7) is 0. The molecule has 0 spiro atoms. The van der Waals surface area contributed by atoms with Crippen LogP contribution in [0.2, 0.25) is 0 Å². The maximum Gasteiger partial charge on any atom is 0.255 e. The highest BCUT2D eigenvalue weighted by atomic mass is 16.1. The number of benzene rings is 1. The van der Waals surface area contributed by atoms with E-state index in [1.54, 1.807) is 36.7 Å². The average molecular weight is 252 g/mol. The minimum atomic E-state index is -0.214. The van der Waals surface area contributed by atoms with Crippen LogP contribution in [0.3, 0.4) is 0 Å². The minimum absolute atomic E-state index is 0.214. The first-order chi connectivity index (χ1) is 9.31. The number of hydrogen-bond donors (Lipinski definition) is 1. The molecule has 1 amide bonds. The van der Waals surface area contributed by atoms with Gasteiger partial charge in [-0.2, -0.15) is 0 Å². The topological polar surface area (TPSA) is 59.1 Å². The third-order valence-electron chi connectivity index (χ3n) is 2.51. The van der Waals surface area contributed by atoms with E-state index in [0.29, 0.717) is 17.5 Å². The fourth-order valence-electron chi connectivity index (χ4n) is 1.60. The molecule has 0 bridgehead atoms. The number of carbonyl (C=O) groups excluding carboxylic acids is 2. The van der Waals surface area contributed by atoms with Crippen molar-refractivity contribution >= 4 is 24.0 Å². The van der Waals surface area contributed by atoms with E-state index in [4.69, 9.17) is 0 Å². The first-order valence-corrected chi connectivity index (χ1v) is 5.73. The normalized spacial score (nSPS) is 10.3. The molecule has 0 unspecified atom stereocenters. The van der Waals surface area contributed by atoms with Crippen molar-refractivity contribution in [2.24, 2.45) is 0 Å². The van der Waals surface area contributed by atoms with Gasteiger partial charge in [-0.3, -0.25) is 14.6 Å². The molecule has 1 N–H and O–H groups in total. The zero-order chi connectivity index (χ0) is 13.5. The Kier molecular flexibility index (Phi) is 4.18. The Morgan fingerprint density at radius 3 is 2.58 bits per heavy atom. The highest BCUT2D eigenvalue weighted by Crippen LogP contribution is 2.17. The van der Waals surface area contributed by atoms with Crippen LogP contribution in [0.4, 0.5) is 5.69 Å². The second kappa shape index (κ2) is 6.26. The Morgan fingerprint density at radius 2 is 1.84 bits per heavy atom. The SMILES string of the molecule is O=C/C=C/c1ccccc1NC(=O)c1ccncc1. The number of anilines is 1. The van der Waals surface area contributed by atoms with Crippen LogP contribution in [0.5, 0.6) is 0 Å². The van der Waals surface area contributed by atoms with E-state index in [1.165, 1.54) is 6.08 Å². The van der Waals surface area contributed by atoms with Crippen molar-refractivity contribution < 1.29 is 9.59 Å². The smallest absolute Gasteiger partial charge is 0.255 e. The monoisotopic (exact) mass is 252 g/mol. The van der Waals surface area contributed by atoms with Gasteiger partial charge in [-0.15, -0.1) is 0 Å². The Bertz CT molecular complexity index is 607. The van der Waals surface area contributed by atoms with Gasteiger partial charge in [0.2, 0.25) is 0 Å². The number of nitrogens with one attached hydrogen (secondary N) is 1. The lowest BCUT2D eigenvalue weighted by Gasteiger charge is -2.08. The van der Waals surface area contributed by atoms with Gasteiger partial charge in [-0.05, 0) is 35.9 Å². The van der Waals surface area contributed by atoms with E-state index in [2.05, 4.69) is 10.3 Å². The zero-order valence-corrected chi connectivity index (χ0v) is 10.1. The largest absolute Gasteiger partial charge is 0.321 e. The summed E-state index contributed by atoms with van der Waals surface area (Å²) in [7, 11) is 0. The average Bonchev–Trinajstić information content (AvgIpc) is 2.47. The molecule has 4 nitrogen and oxygen atoms in total. The number of carbonyl (C=O) groups is 2. The predicted octanol–water partition coefficient (Wildman–Crippen LogP) is 2.55. The molecule has 0 saturated carbocycles. The van der Waals surface area contributed by atoms with E-state index in [0.717, 1.165) is 5.56 Å². The van der Waals surface area contributed by atoms with Crippen LogP contribution in [0.1, 0.15) is 15.9 Å². The Hall–Kier alpha value is -2.75. The standard InChI is InChI=1S/C15H12N2O2/c18-11-3-5-12-4-1-2-6-14(12)17-15(19)13-7-9-16-10-8-13/h1-11H,(H,17,19)/b5-3+. The lowest BCUT2D eigenvalue weighted by molar-refractivity contribution is -0.104. The molecule has 0 fully saturated rings. The second-order valence-electron chi connectivity index (χ2n) is 3.77. The summed E-state index contributed by atoms with van der Waals surface area (Å²) < 4.78 is 0. The molecule has 0 aliphatic rings. The third kappa shape index (κ3) is 3.35. The molecule has 94 valence electrons. The predicted molar refractivity (Wildman–Crippen MR) is 73.7 cm³/mol. The van der Waals surface area contributed by atoms with E-state index in [1.807, 2.05) is 18.2 Å². The molecule has 0 atom stereocenters. The zero-order valence-electron chi connectivity index (χ0n) is 10.1. The molecule has 4 heteroatoms. The number of amides is 1. The minimum Gasteiger partial charge on any atom is -0.321 e. The molecule has 0 aliphatic heterocycles. The van der Waals surface area contributed by atoms with Crippen LogP contribution < -0.4 is 5.32 Å². The number of aldehydes is 1. The Morgan fingerprint density at radius 1 is 1.11 bits per heavy atom. The molecule has 1 aromatic carbocycles. The van der Waals surface area contributed by atoms with Crippen LogP contribution in [0.15, 0.2) is 54.9 Å². The van der Waals surface area contributed by atoms with E-state index in [-0.39, 0.29) is 5.91 Å². The van der Waals surface area contributed by atoms with Crippen LogP contribution in [0, 0.1) is 0 Å². The maximum absolute atomic E-state index is 12.0. The lowest BCUT2D eigenvalue weighted by Crippen LogP contribution is -2.12. The second-order valence-corrected chi connectivity index (χ2v) is 3.77. The van der Waals surface area contributed by atoms with Crippen molar-refractivity contribution in [3.8, 4) is 0 Å². The molecule has 1 aromatic heterocycles. The molecule has 1 heterocycles. The molecule has 2 rings (SSSR count). The van der Waals surface area contributed by atoms with Crippen LogP contribution >= 0.6 is 0 Å². The van der Waals surface area contributed by atoms with E-state index < -0.39 is 0 Å². The first-order valence-electron chi connectivity index (χ1n) is 5.73. The number of pyridine rings is 1. The lowest BCUT2D eigenvalue weighted by atomic mass is 10.1. The fourth-order valence-corrected chi connectivity index (χ4v) is 1.60. The van der Waals surface area contributed by atoms with Crippen LogP contribution in [0.25, 0.3) is 6.08 Å². The highest BCUT2D eigenvalue weighted by Gasteiger charge is 2.06. The Labute approximate surface area is 110 Å². The van der Waals surface area contributed by atoms with Gasteiger partial charge in [-0.1, -0.05) is 18.2 Å². The number of rotatable bonds is 4. The van der Waals surface area contributed by atoms with Crippen LogP contribution in [-0.4, -0.2) is 17.2 Å². The van der Waals surface area contributed by atoms with Crippen LogP contribution in [-0.2, 0) is 4.79 Å². The number of aromatic nitrogens is 1. The van der Waals surface area contributed by atoms with Crippen molar-refractivity contribution in [2.45, 2.75) is 0 Å². The number of hydrogen-bond acceptors (Lipinski definition) is 3. The van der Waals surface area contributed by atoms with Crippen molar-refractivity contribution in [1.29, 1.82) is 0 Å². The van der Waals surface area contributed by atoms with Gasteiger partial charge >= 0.3 is 0 Å². The van der Waals surface area contributed by atoms with Gasteiger partial charge in [0.1, 0.15) is 6.29 Å². The summed E-state index contributed by atoms with van der Waals surface area (Å²) in [6.07, 6.45) is 6.86. The van der Waals surface area contributed by atoms with Gasteiger partial charge in [0.15, 0.2) is 0 Å². The maximum atomic E-state index is 12.0. The van der Waals surface area contributed by atoms with Crippen molar-refractivity contribution in [3.05, 3.63) is 66.0 Å². The summed E-state index contributed by atoms with van der Waals surface area (Å²) in [5.41, 5.74) is 1.96. The Balaban J connectivity index is 2.22. The number of nitrogens with zero attached hydrogens (tertiary/aromatic N) is 1. The van der Waals surface area contributed by atoms with Crippen molar-refractivity contribution in [1.82, 2.24) is 4.98 Å². The summed E-state index contributed by atoms with van der Waals surface area (Å²) >= 11 is 0. The van der Waals surface area contributed by atoms with Crippen molar-refractivity contribution in [3.63, 3.8) is 0 Å². The quantitative estimate of drug-likeness (QED) is 0.672. The van der Waals surface area contributed by atoms with E-state index >= 15 is 0 Å².